The summed E-state index contributed by atoms with van der Waals surface area (Å²) in [5, 5.41) is 6.89. The zero-order valence-electron chi connectivity index (χ0n) is 8.36. The number of rotatable bonds is 0. The summed E-state index contributed by atoms with van der Waals surface area (Å²) in [6.45, 7) is 4.07. The Morgan fingerprint density at radius 2 is 2.08 bits per heavy atom. The van der Waals surface area contributed by atoms with Crippen LogP contribution in [0.1, 0.15) is 33.1 Å². The SMILES string of the molecule is CC1CC(N)CCC1(C)N.O=CO. The van der Waals surface area contributed by atoms with Gasteiger partial charge in [0.25, 0.3) is 6.47 Å². The highest BCUT2D eigenvalue weighted by Crippen LogP contribution is 2.30. The molecule has 1 rings (SSSR count). The van der Waals surface area contributed by atoms with Crippen molar-refractivity contribution in [2.24, 2.45) is 17.4 Å². The lowest BCUT2D eigenvalue weighted by Gasteiger charge is -2.38. The van der Waals surface area contributed by atoms with Gasteiger partial charge in [-0.25, -0.2) is 0 Å². The summed E-state index contributed by atoms with van der Waals surface area (Å²) in [7, 11) is 0. The van der Waals surface area contributed by atoms with Gasteiger partial charge < -0.3 is 16.6 Å². The highest BCUT2D eigenvalue weighted by Gasteiger charge is 2.32. The molecule has 3 atom stereocenters. The molecule has 4 heteroatoms. The first-order valence-electron chi connectivity index (χ1n) is 4.56. The number of nitrogens with two attached hydrogens (primary N) is 2. The molecule has 0 aromatic rings. The van der Waals surface area contributed by atoms with Gasteiger partial charge in [-0.1, -0.05) is 6.92 Å². The average Bonchev–Trinajstić information content (AvgIpc) is 2.00. The molecule has 0 bridgehead atoms. The molecule has 0 aliphatic heterocycles. The van der Waals surface area contributed by atoms with Crippen LogP contribution < -0.4 is 11.5 Å². The monoisotopic (exact) mass is 188 g/mol. The van der Waals surface area contributed by atoms with Gasteiger partial charge in [0, 0.05) is 11.6 Å². The van der Waals surface area contributed by atoms with E-state index >= 15 is 0 Å². The Morgan fingerprint density at radius 3 is 2.38 bits per heavy atom. The topological polar surface area (TPSA) is 89.3 Å². The van der Waals surface area contributed by atoms with Crippen molar-refractivity contribution in [1.29, 1.82) is 0 Å². The fourth-order valence-corrected chi connectivity index (χ4v) is 1.58. The zero-order chi connectivity index (χ0) is 10.5. The molecule has 5 N–H and O–H groups in total. The van der Waals surface area contributed by atoms with Gasteiger partial charge in [0.2, 0.25) is 0 Å². The highest BCUT2D eigenvalue weighted by molar-refractivity contribution is 5.32. The van der Waals surface area contributed by atoms with Crippen LogP contribution in [0.25, 0.3) is 0 Å². The van der Waals surface area contributed by atoms with Crippen molar-refractivity contribution in [3.63, 3.8) is 0 Å². The summed E-state index contributed by atoms with van der Waals surface area (Å²) in [6.07, 6.45) is 3.26. The average molecular weight is 188 g/mol. The fourth-order valence-electron chi connectivity index (χ4n) is 1.58. The van der Waals surface area contributed by atoms with Gasteiger partial charge >= 0.3 is 0 Å². The number of hydrogen-bond acceptors (Lipinski definition) is 3. The Bertz CT molecular complexity index is 160. The number of hydrogen-bond donors (Lipinski definition) is 3. The van der Waals surface area contributed by atoms with Crippen LogP contribution in [-0.4, -0.2) is 23.2 Å². The molecule has 13 heavy (non-hydrogen) atoms. The van der Waals surface area contributed by atoms with Gasteiger partial charge in [-0.2, -0.15) is 0 Å². The first-order valence-corrected chi connectivity index (χ1v) is 4.56. The van der Waals surface area contributed by atoms with E-state index in [1.165, 1.54) is 0 Å². The van der Waals surface area contributed by atoms with Crippen LogP contribution in [0, 0.1) is 5.92 Å². The smallest absolute Gasteiger partial charge is 0.290 e. The van der Waals surface area contributed by atoms with Crippen molar-refractivity contribution in [2.75, 3.05) is 0 Å². The molecule has 78 valence electrons. The normalized spacial score (nSPS) is 38.8. The zero-order valence-corrected chi connectivity index (χ0v) is 8.36. The molecule has 0 amide bonds. The van der Waals surface area contributed by atoms with Crippen LogP contribution >= 0.6 is 0 Å². The molecule has 1 saturated carbocycles. The second kappa shape index (κ2) is 5.19. The molecule has 3 unspecified atom stereocenters. The van der Waals surface area contributed by atoms with Gasteiger partial charge in [0.05, 0.1) is 0 Å². The summed E-state index contributed by atoms with van der Waals surface area (Å²) >= 11 is 0. The van der Waals surface area contributed by atoms with Gasteiger partial charge in [-0.3, -0.25) is 4.79 Å². The van der Waals surface area contributed by atoms with Crippen LogP contribution in [0.4, 0.5) is 0 Å². The first-order chi connectivity index (χ1) is 5.94. The Hall–Kier alpha value is -0.610. The molecular weight excluding hydrogens is 168 g/mol. The molecule has 0 radical (unpaired) electrons. The Balaban J connectivity index is 0.000000424. The molecule has 4 nitrogen and oxygen atoms in total. The predicted octanol–water partition coefficient (Wildman–Crippen LogP) is 0.552. The van der Waals surface area contributed by atoms with Gasteiger partial charge in [0.1, 0.15) is 0 Å². The van der Waals surface area contributed by atoms with Crippen LogP contribution in [0.5, 0.6) is 0 Å². The molecule has 1 aliphatic rings. The Labute approximate surface area is 79.3 Å². The minimum atomic E-state index is -0.250. The van der Waals surface area contributed by atoms with Crippen LogP contribution in [0.15, 0.2) is 0 Å². The number of carboxylic acid groups (broad SMARTS) is 1. The van der Waals surface area contributed by atoms with Gasteiger partial charge in [-0.15, -0.1) is 0 Å². The van der Waals surface area contributed by atoms with Crippen molar-refractivity contribution in [3.05, 3.63) is 0 Å². The summed E-state index contributed by atoms with van der Waals surface area (Å²) in [5.74, 6) is 0.580. The molecule has 0 aromatic heterocycles. The van der Waals surface area contributed by atoms with E-state index in [0.29, 0.717) is 12.0 Å². The minimum absolute atomic E-state index is 0.0376. The van der Waals surface area contributed by atoms with E-state index in [-0.39, 0.29) is 12.0 Å². The van der Waals surface area contributed by atoms with Crippen LogP contribution in [-0.2, 0) is 4.79 Å². The van der Waals surface area contributed by atoms with Crippen molar-refractivity contribution < 1.29 is 9.90 Å². The van der Waals surface area contributed by atoms with E-state index in [2.05, 4.69) is 13.8 Å². The lowest BCUT2D eigenvalue weighted by Crippen LogP contribution is -2.49. The molecule has 1 aliphatic carbocycles. The lowest BCUT2D eigenvalue weighted by molar-refractivity contribution is -0.122. The minimum Gasteiger partial charge on any atom is -0.483 e. The summed E-state index contributed by atoms with van der Waals surface area (Å²) < 4.78 is 0. The maximum Gasteiger partial charge on any atom is 0.290 e. The molecule has 0 aromatic carbocycles. The van der Waals surface area contributed by atoms with Crippen molar-refractivity contribution >= 4 is 6.47 Å². The Morgan fingerprint density at radius 1 is 1.62 bits per heavy atom. The van der Waals surface area contributed by atoms with Crippen LogP contribution in [0.3, 0.4) is 0 Å². The third-order valence-electron chi connectivity index (χ3n) is 2.84. The quantitative estimate of drug-likeness (QED) is 0.484. The second-order valence-electron chi connectivity index (χ2n) is 4.05. The molecule has 0 spiro atoms. The Kier molecular flexibility index (Phi) is 4.95. The van der Waals surface area contributed by atoms with E-state index in [9.17, 15) is 0 Å². The van der Waals surface area contributed by atoms with Gasteiger partial charge in [0.15, 0.2) is 0 Å². The molecule has 0 heterocycles. The lowest BCUT2D eigenvalue weighted by atomic mass is 9.74. The van der Waals surface area contributed by atoms with Crippen molar-refractivity contribution in [3.8, 4) is 0 Å². The molecule has 0 saturated heterocycles. The molecule has 1 fully saturated rings. The van der Waals surface area contributed by atoms with E-state index in [4.69, 9.17) is 21.4 Å². The molecular formula is C9H20N2O2. The third kappa shape index (κ3) is 4.24. The summed E-state index contributed by atoms with van der Waals surface area (Å²) in [4.78, 5) is 8.36. The summed E-state index contributed by atoms with van der Waals surface area (Å²) in [5.41, 5.74) is 11.9. The van der Waals surface area contributed by atoms with Crippen molar-refractivity contribution in [1.82, 2.24) is 0 Å². The van der Waals surface area contributed by atoms with Crippen molar-refractivity contribution in [2.45, 2.75) is 44.7 Å². The van der Waals surface area contributed by atoms with E-state index in [1.54, 1.807) is 0 Å². The highest BCUT2D eigenvalue weighted by atomic mass is 16.3. The van der Waals surface area contributed by atoms with Crippen LogP contribution in [0.2, 0.25) is 0 Å². The predicted molar refractivity (Wildman–Crippen MR) is 52.3 cm³/mol. The first kappa shape index (κ1) is 12.4. The maximum atomic E-state index is 8.36. The largest absolute Gasteiger partial charge is 0.483 e. The van der Waals surface area contributed by atoms with E-state index in [1.807, 2.05) is 0 Å². The van der Waals surface area contributed by atoms with E-state index in [0.717, 1.165) is 19.3 Å². The van der Waals surface area contributed by atoms with Gasteiger partial charge in [-0.05, 0) is 32.1 Å². The second-order valence-corrected chi connectivity index (χ2v) is 4.05. The fraction of sp³-hybridized carbons (Fsp3) is 0.889. The third-order valence-corrected chi connectivity index (χ3v) is 2.84. The maximum absolute atomic E-state index is 8.36. The number of carbonyl (C=O) groups is 1. The standard InChI is InChI=1S/C8H18N2.CH2O2/c1-6-5-7(9)3-4-8(6,2)10;2-1-3/h6-7H,3-5,9-10H2,1-2H3;1H,(H,2,3). The summed E-state index contributed by atoms with van der Waals surface area (Å²) in [6, 6.07) is 0.395. The van der Waals surface area contributed by atoms with E-state index < -0.39 is 0 Å².